The zero-order chi connectivity index (χ0) is 15.1. The van der Waals surface area contributed by atoms with Crippen molar-refractivity contribution in [2.45, 2.75) is 0 Å². The second kappa shape index (κ2) is 6.88. The van der Waals surface area contributed by atoms with Crippen molar-refractivity contribution in [3.63, 3.8) is 0 Å². The van der Waals surface area contributed by atoms with Crippen molar-refractivity contribution in [3.8, 4) is 0 Å². The number of para-hydroxylation sites is 2. The Balaban J connectivity index is 0.000000200. The molecule has 2 aromatic rings. The molecule has 0 atom stereocenters. The number of hydrogen-bond donors (Lipinski definition) is 0. The smallest absolute Gasteiger partial charge is 0.258 e. The van der Waals surface area contributed by atoms with E-state index in [9.17, 15) is 29.0 Å². The lowest BCUT2D eigenvalue weighted by atomic mass is 10.3. The highest BCUT2D eigenvalue weighted by atomic mass is 19.1. The van der Waals surface area contributed by atoms with E-state index in [0.717, 1.165) is 24.3 Å². The molecule has 0 unspecified atom stereocenters. The Labute approximate surface area is 111 Å². The average Bonchev–Trinajstić information content (AvgIpc) is 2.40. The summed E-state index contributed by atoms with van der Waals surface area (Å²) in [5.41, 5.74) is -0.968. The van der Waals surface area contributed by atoms with Gasteiger partial charge in [0.2, 0.25) is 11.6 Å². The Hall–Kier alpha value is -2.90. The summed E-state index contributed by atoms with van der Waals surface area (Å²) in [6.07, 6.45) is 0. The SMILES string of the molecule is O=[N+]([O-])c1ccccc1F.O=[N+]([O-])c1ccccc1F. The standard InChI is InChI=1S/2C6H4FNO2/c2*7-5-3-1-2-4-6(5)8(9)10/h2*1-4H. The predicted octanol–water partition coefficient (Wildman–Crippen LogP) is 3.47. The van der Waals surface area contributed by atoms with Gasteiger partial charge in [-0.15, -0.1) is 0 Å². The fourth-order valence-electron chi connectivity index (χ4n) is 1.20. The van der Waals surface area contributed by atoms with Gasteiger partial charge in [-0.2, -0.15) is 8.78 Å². The van der Waals surface area contributed by atoms with Crippen LogP contribution in [0.4, 0.5) is 20.2 Å². The number of rotatable bonds is 2. The van der Waals surface area contributed by atoms with E-state index in [1.54, 1.807) is 0 Å². The quantitative estimate of drug-likeness (QED) is 0.623. The number of nitro benzene ring substituents is 2. The molecule has 0 bridgehead atoms. The summed E-state index contributed by atoms with van der Waals surface area (Å²) in [5.74, 6) is -1.60. The number of benzene rings is 2. The molecule has 20 heavy (non-hydrogen) atoms. The summed E-state index contributed by atoms with van der Waals surface area (Å²) >= 11 is 0. The Kier molecular flexibility index (Phi) is 5.21. The van der Waals surface area contributed by atoms with E-state index in [1.807, 2.05) is 0 Å². The molecule has 2 aromatic carbocycles. The lowest BCUT2D eigenvalue weighted by Gasteiger charge is -1.89. The summed E-state index contributed by atoms with van der Waals surface area (Å²) in [5, 5.41) is 20.0. The third kappa shape index (κ3) is 4.09. The van der Waals surface area contributed by atoms with Crippen LogP contribution < -0.4 is 0 Å². The van der Waals surface area contributed by atoms with Crippen LogP contribution in [0.25, 0.3) is 0 Å². The lowest BCUT2D eigenvalue weighted by Crippen LogP contribution is -1.90. The first-order valence-corrected chi connectivity index (χ1v) is 5.21. The maximum Gasteiger partial charge on any atom is 0.304 e. The molecule has 6 nitrogen and oxygen atoms in total. The third-order valence-corrected chi connectivity index (χ3v) is 2.10. The molecule has 0 heterocycles. The van der Waals surface area contributed by atoms with Crippen LogP contribution in [0.2, 0.25) is 0 Å². The normalized spacial score (nSPS) is 9.30. The van der Waals surface area contributed by atoms with Gasteiger partial charge in [0.05, 0.1) is 9.85 Å². The summed E-state index contributed by atoms with van der Waals surface area (Å²) in [6, 6.07) is 9.99. The van der Waals surface area contributed by atoms with E-state index in [1.165, 1.54) is 24.3 Å². The van der Waals surface area contributed by atoms with Crippen molar-refractivity contribution in [2.75, 3.05) is 0 Å². The molecular weight excluding hydrogens is 274 g/mol. The minimum absolute atomic E-state index is 0.484. The molecule has 0 amide bonds. The number of nitrogens with zero attached hydrogens (tertiary/aromatic N) is 2. The van der Waals surface area contributed by atoms with Crippen LogP contribution in [0.15, 0.2) is 48.5 Å². The molecule has 0 aromatic heterocycles. The van der Waals surface area contributed by atoms with E-state index in [2.05, 4.69) is 0 Å². The van der Waals surface area contributed by atoms with Crippen LogP contribution >= 0.6 is 0 Å². The van der Waals surface area contributed by atoms with E-state index in [-0.39, 0.29) is 0 Å². The van der Waals surface area contributed by atoms with Gasteiger partial charge in [-0.1, -0.05) is 24.3 Å². The minimum atomic E-state index is -0.799. The van der Waals surface area contributed by atoms with Crippen molar-refractivity contribution in [3.05, 3.63) is 80.4 Å². The van der Waals surface area contributed by atoms with Crippen LogP contribution in [0.3, 0.4) is 0 Å². The van der Waals surface area contributed by atoms with Crippen LogP contribution in [-0.2, 0) is 0 Å². The van der Waals surface area contributed by atoms with Crippen LogP contribution in [-0.4, -0.2) is 9.85 Å². The summed E-state index contributed by atoms with van der Waals surface area (Å²) < 4.78 is 24.8. The first-order chi connectivity index (χ1) is 9.43. The van der Waals surface area contributed by atoms with Crippen molar-refractivity contribution in [1.29, 1.82) is 0 Å². The minimum Gasteiger partial charge on any atom is -0.258 e. The maximum absolute atomic E-state index is 12.4. The molecule has 0 spiro atoms. The first-order valence-electron chi connectivity index (χ1n) is 5.21. The highest BCUT2D eigenvalue weighted by Gasteiger charge is 2.10. The molecule has 0 N–H and O–H groups in total. The van der Waals surface area contributed by atoms with Gasteiger partial charge >= 0.3 is 11.4 Å². The third-order valence-electron chi connectivity index (χ3n) is 2.10. The highest BCUT2D eigenvalue weighted by molar-refractivity contribution is 5.31. The Morgan fingerprint density at radius 3 is 1.20 bits per heavy atom. The van der Waals surface area contributed by atoms with Gasteiger partial charge in [-0.3, -0.25) is 20.2 Å². The first kappa shape index (κ1) is 15.2. The predicted molar refractivity (Wildman–Crippen MR) is 66.1 cm³/mol. The number of hydrogen-bond acceptors (Lipinski definition) is 4. The molecule has 0 aliphatic heterocycles. The Bertz CT molecular complexity index is 579. The van der Waals surface area contributed by atoms with Gasteiger partial charge in [-0.25, -0.2) is 0 Å². The zero-order valence-electron chi connectivity index (χ0n) is 9.90. The monoisotopic (exact) mass is 282 g/mol. The van der Waals surface area contributed by atoms with Gasteiger partial charge < -0.3 is 0 Å². The van der Waals surface area contributed by atoms with Crippen LogP contribution in [0.1, 0.15) is 0 Å². The summed E-state index contributed by atoms with van der Waals surface area (Å²) in [7, 11) is 0. The molecule has 0 fully saturated rings. The van der Waals surface area contributed by atoms with Gasteiger partial charge in [0.1, 0.15) is 0 Å². The second-order valence-electron chi connectivity index (χ2n) is 3.42. The van der Waals surface area contributed by atoms with Crippen LogP contribution in [0, 0.1) is 31.9 Å². The van der Waals surface area contributed by atoms with E-state index >= 15 is 0 Å². The van der Waals surface area contributed by atoms with E-state index in [4.69, 9.17) is 0 Å². The molecule has 8 heteroatoms. The topological polar surface area (TPSA) is 86.3 Å². The Morgan fingerprint density at radius 1 is 0.700 bits per heavy atom. The number of nitro groups is 2. The van der Waals surface area contributed by atoms with Crippen molar-refractivity contribution < 1.29 is 18.6 Å². The second-order valence-corrected chi connectivity index (χ2v) is 3.42. The fourth-order valence-corrected chi connectivity index (χ4v) is 1.20. The molecular formula is C12H8F2N2O4. The maximum atomic E-state index is 12.4. The van der Waals surface area contributed by atoms with Gasteiger partial charge in [0, 0.05) is 12.1 Å². The highest BCUT2D eigenvalue weighted by Crippen LogP contribution is 2.14. The fraction of sp³-hybridized carbons (Fsp3) is 0. The van der Waals surface area contributed by atoms with E-state index in [0.29, 0.717) is 0 Å². The van der Waals surface area contributed by atoms with Gasteiger partial charge in [0.15, 0.2) is 0 Å². The van der Waals surface area contributed by atoms with Crippen molar-refractivity contribution in [2.24, 2.45) is 0 Å². The molecule has 0 saturated carbocycles. The molecule has 0 aliphatic carbocycles. The summed E-state index contributed by atoms with van der Waals surface area (Å²) in [4.78, 5) is 18.5. The Morgan fingerprint density at radius 2 is 1.00 bits per heavy atom. The van der Waals surface area contributed by atoms with Gasteiger partial charge in [-0.05, 0) is 12.1 Å². The molecule has 0 radical (unpaired) electrons. The van der Waals surface area contributed by atoms with Crippen molar-refractivity contribution >= 4 is 11.4 Å². The number of halogens is 2. The molecule has 104 valence electrons. The van der Waals surface area contributed by atoms with Crippen molar-refractivity contribution in [1.82, 2.24) is 0 Å². The van der Waals surface area contributed by atoms with Crippen LogP contribution in [0.5, 0.6) is 0 Å². The molecule has 0 aliphatic rings. The summed E-state index contributed by atoms with van der Waals surface area (Å²) in [6.45, 7) is 0. The van der Waals surface area contributed by atoms with E-state index < -0.39 is 32.9 Å². The average molecular weight is 282 g/mol. The molecule has 2 rings (SSSR count). The largest absolute Gasteiger partial charge is 0.304 e. The lowest BCUT2D eigenvalue weighted by molar-refractivity contribution is -0.387. The zero-order valence-corrected chi connectivity index (χ0v) is 9.90. The van der Waals surface area contributed by atoms with Gasteiger partial charge in [0.25, 0.3) is 0 Å². The molecule has 0 saturated heterocycles.